The Labute approximate surface area is 86.5 Å². The molecule has 0 aliphatic carbocycles. The average molecular weight is 202 g/mol. The van der Waals surface area contributed by atoms with Crippen molar-refractivity contribution in [3.63, 3.8) is 0 Å². The van der Waals surface area contributed by atoms with E-state index in [1.807, 2.05) is 31.2 Å². The third kappa shape index (κ3) is 1.67. The fourth-order valence-corrected chi connectivity index (χ4v) is 1.53. The molecule has 1 aromatic carbocycles. The van der Waals surface area contributed by atoms with Gasteiger partial charge in [-0.3, -0.25) is 15.0 Å². The fourth-order valence-electron chi connectivity index (χ4n) is 1.53. The molecule has 1 heterocycles. The van der Waals surface area contributed by atoms with Gasteiger partial charge in [-0.2, -0.15) is 0 Å². The number of benzene rings is 1. The molecule has 1 aromatic heterocycles. The highest BCUT2D eigenvalue weighted by Crippen LogP contribution is 2.18. The Morgan fingerprint density at radius 3 is 2.93 bits per heavy atom. The highest BCUT2D eigenvalue weighted by Gasteiger charge is 2.09. The van der Waals surface area contributed by atoms with Gasteiger partial charge in [-0.05, 0) is 18.4 Å². The zero-order valence-corrected chi connectivity index (χ0v) is 8.19. The molecule has 0 saturated heterocycles. The van der Waals surface area contributed by atoms with Crippen LogP contribution in [0.2, 0.25) is 0 Å². The molecule has 0 atom stereocenters. The van der Waals surface area contributed by atoms with Crippen LogP contribution in [-0.2, 0) is 0 Å². The lowest BCUT2D eigenvalue weighted by atomic mass is 10.1. The molecule has 2 rings (SSSR count). The third-order valence-corrected chi connectivity index (χ3v) is 2.24. The largest absolute Gasteiger partial charge is 0.293 e. The van der Waals surface area contributed by atoms with Gasteiger partial charge in [0.1, 0.15) is 5.69 Å². The van der Waals surface area contributed by atoms with Gasteiger partial charge in [0.2, 0.25) is 0 Å². The van der Waals surface area contributed by atoms with Crippen LogP contribution < -0.4 is 5.48 Å². The second-order valence-electron chi connectivity index (χ2n) is 3.33. The first-order valence-corrected chi connectivity index (χ1v) is 4.52. The van der Waals surface area contributed by atoms with Crippen LogP contribution >= 0.6 is 0 Å². The van der Waals surface area contributed by atoms with Crippen LogP contribution in [0.25, 0.3) is 10.8 Å². The zero-order valence-electron chi connectivity index (χ0n) is 8.19. The van der Waals surface area contributed by atoms with E-state index >= 15 is 0 Å². The van der Waals surface area contributed by atoms with Crippen LogP contribution in [0.15, 0.2) is 30.5 Å². The topological polar surface area (TPSA) is 62.2 Å². The third-order valence-electron chi connectivity index (χ3n) is 2.24. The van der Waals surface area contributed by atoms with Crippen molar-refractivity contribution < 1.29 is 10.0 Å². The van der Waals surface area contributed by atoms with E-state index < -0.39 is 5.91 Å². The lowest BCUT2D eigenvalue weighted by Gasteiger charge is -2.04. The summed E-state index contributed by atoms with van der Waals surface area (Å²) in [6.07, 6.45) is 1.55. The number of nitrogens with zero attached hydrogens (tertiary/aromatic N) is 1. The minimum Gasteiger partial charge on any atom is -0.288 e. The van der Waals surface area contributed by atoms with Crippen LogP contribution in [-0.4, -0.2) is 16.1 Å². The van der Waals surface area contributed by atoms with Crippen molar-refractivity contribution in [1.29, 1.82) is 0 Å². The highest BCUT2D eigenvalue weighted by molar-refractivity contribution is 6.04. The number of carbonyl (C=O) groups excluding carboxylic acids is 1. The van der Waals surface area contributed by atoms with Crippen molar-refractivity contribution in [2.45, 2.75) is 6.92 Å². The van der Waals surface area contributed by atoms with Gasteiger partial charge in [0.15, 0.2) is 0 Å². The minimum atomic E-state index is -0.593. The summed E-state index contributed by atoms with van der Waals surface area (Å²) in [4.78, 5) is 15.2. The fraction of sp³-hybridized carbons (Fsp3) is 0.0909. The number of hydroxylamine groups is 1. The lowest BCUT2D eigenvalue weighted by Crippen LogP contribution is -2.20. The van der Waals surface area contributed by atoms with Gasteiger partial charge in [-0.25, -0.2) is 5.48 Å². The monoisotopic (exact) mass is 202 g/mol. The molecular formula is C11H10N2O2. The molecule has 1 amide bonds. The second kappa shape index (κ2) is 3.67. The summed E-state index contributed by atoms with van der Waals surface area (Å²) >= 11 is 0. The van der Waals surface area contributed by atoms with Gasteiger partial charge in [0.05, 0.1) is 0 Å². The smallest absolute Gasteiger partial charge is 0.288 e. The summed E-state index contributed by atoms with van der Waals surface area (Å²) in [5, 5.41) is 10.2. The molecule has 2 aromatic rings. The van der Waals surface area contributed by atoms with Crippen molar-refractivity contribution in [3.05, 3.63) is 41.7 Å². The highest BCUT2D eigenvalue weighted by atomic mass is 16.5. The van der Waals surface area contributed by atoms with Crippen molar-refractivity contribution in [3.8, 4) is 0 Å². The van der Waals surface area contributed by atoms with Gasteiger partial charge < -0.3 is 0 Å². The van der Waals surface area contributed by atoms with E-state index in [9.17, 15) is 4.79 Å². The number of aromatic nitrogens is 1. The Morgan fingerprint density at radius 2 is 2.20 bits per heavy atom. The summed E-state index contributed by atoms with van der Waals surface area (Å²) in [7, 11) is 0. The van der Waals surface area contributed by atoms with E-state index in [-0.39, 0.29) is 5.69 Å². The molecule has 4 nitrogen and oxygen atoms in total. The molecule has 0 radical (unpaired) electrons. The summed E-state index contributed by atoms with van der Waals surface area (Å²) < 4.78 is 0. The van der Waals surface area contributed by atoms with Gasteiger partial charge in [0, 0.05) is 11.6 Å². The van der Waals surface area contributed by atoms with Gasteiger partial charge in [-0.1, -0.05) is 23.8 Å². The summed E-state index contributed by atoms with van der Waals surface area (Å²) in [6, 6.07) is 7.52. The molecule has 0 aliphatic rings. The Bertz CT molecular complexity index is 523. The van der Waals surface area contributed by atoms with Gasteiger partial charge in [-0.15, -0.1) is 0 Å². The molecule has 0 fully saturated rings. The molecule has 2 N–H and O–H groups in total. The molecular weight excluding hydrogens is 192 g/mol. The van der Waals surface area contributed by atoms with E-state index in [2.05, 4.69) is 4.98 Å². The Kier molecular flexibility index (Phi) is 2.35. The quantitative estimate of drug-likeness (QED) is 0.546. The number of hydrogen-bond donors (Lipinski definition) is 2. The van der Waals surface area contributed by atoms with Crippen LogP contribution in [0, 0.1) is 6.92 Å². The average Bonchev–Trinajstić information content (AvgIpc) is 2.26. The number of pyridine rings is 1. The second-order valence-corrected chi connectivity index (χ2v) is 3.33. The number of rotatable bonds is 1. The Morgan fingerprint density at radius 1 is 1.40 bits per heavy atom. The van der Waals surface area contributed by atoms with Crippen LogP contribution in [0.1, 0.15) is 16.1 Å². The molecule has 0 aliphatic heterocycles. The van der Waals surface area contributed by atoms with Gasteiger partial charge in [0.25, 0.3) is 5.91 Å². The van der Waals surface area contributed by atoms with E-state index in [0.717, 1.165) is 16.3 Å². The molecule has 0 spiro atoms. The normalized spacial score (nSPS) is 10.3. The number of hydrogen-bond acceptors (Lipinski definition) is 3. The van der Waals surface area contributed by atoms with Crippen molar-refractivity contribution in [2.75, 3.05) is 0 Å². The van der Waals surface area contributed by atoms with E-state index in [4.69, 9.17) is 5.21 Å². The Hall–Kier alpha value is -1.94. The lowest BCUT2D eigenvalue weighted by molar-refractivity contribution is 0.0703. The van der Waals surface area contributed by atoms with E-state index in [1.54, 1.807) is 11.7 Å². The predicted molar refractivity (Wildman–Crippen MR) is 55.7 cm³/mol. The van der Waals surface area contributed by atoms with Crippen molar-refractivity contribution in [2.24, 2.45) is 0 Å². The maximum Gasteiger partial charge on any atom is 0.293 e. The number of amides is 1. The SMILES string of the molecule is Cc1ccc2c(C(=O)NO)nccc2c1. The summed E-state index contributed by atoms with van der Waals surface area (Å²) in [6.45, 7) is 1.98. The number of nitrogens with one attached hydrogen (secondary N) is 1. The van der Waals surface area contributed by atoms with Crippen LogP contribution in [0.4, 0.5) is 0 Å². The van der Waals surface area contributed by atoms with Crippen LogP contribution in [0.5, 0.6) is 0 Å². The first-order valence-electron chi connectivity index (χ1n) is 4.52. The van der Waals surface area contributed by atoms with Crippen molar-refractivity contribution >= 4 is 16.7 Å². The number of fused-ring (bicyclic) bond motifs is 1. The summed E-state index contributed by atoms with van der Waals surface area (Å²) in [5.74, 6) is -0.593. The summed E-state index contributed by atoms with van der Waals surface area (Å²) in [5.41, 5.74) is 2.93. The number of carbonyl (C=O) groups is 1. The molecule has 0 saturated carbocycles. The zero-order chi connectivity index (χ0) is 10.8. The molecule has 0 unspecified atom stereocenters. The predicted octanol–water partition coefficient (Wildman–Crippen LogP) is 1.66. The minimum absolute atomic E-state index is 0.231. The van der Waals surface area contributed by atoms with E-state index in [1.165, 1.54) is 0 Å². The maximum absolute atomic E-state index is 11.3. The van der Waals surface area contributed by atoms with Crippen molar-refractivity contribution in [1.82, 2.24) is 10.5 Å². The van der Waals surface area contributed by atoms with Crippen LogP contribution in [0.3, 0.4) is 0 Å². The molecule has 4 heteroatoms. The Balaban J connectivity index is 2.71. The van der Waals surface area contributed by atoms with Gasteiger partial charge >= 0.3 is 0 Å². The standard InChI is InChI=1S/C11H10N2O2/c1-7-2-3-9-8(6-7)4-5-12-10(9)11(14)13-15/h2-6,15H,1H3,(H,13,14). The number of aryl methyl sites for hydroxylation is 1. The first kappa shape index (κ1) is 9.61. The molecule has 0 bridgehead atoms. The molecule has 15 heavy (non-hydrogen) atoms. The maximum atomic E-state index is 11.3. The van der Waals surface area contributed by atoms with E-state index in [0.29, 0.717) is 0 Å². The first-order chi connectivity index (χ1) is 7.22. The molecule has 76 valence electrons.